The van der Waals surface area contributed by atoms with Gasteiger partial charge in [0.15, 0.2) is 5.58 Å². The van der Waals surface area contributed by atoms with E-state index >= 15 is 0 Å². The maximum atomic E-state index is 12.5. The average molecular weight is 460 g/mol. The van der Waals surface area contributed by atoms with Gasteiger partial charge in [0.2, 0.25) is 5.91 Å². The van der Waals surface area contributed by atoms with Crippen LogP contribution < -0.4 is 21.1 Å². The van der Waals surface area contributed by atoms with Crippen LogP contribution in [0.15, 0.2) is 82.0 Å². The van der Waals surface area contributed by atoms with Crippen LogP contribution in [-0.2, 0) is 11.3 Å². The zero-order valence-corrected chi connectivity index (χ0v) is 18.7. The number of hydrogen-bond acceptors (Lipinski definition) is 5. The summed E-state index contributed by atoms with van der Waals surface area (Å²) in [6, 6.07) is 21.0. The fourth-order valence-electron chi connectivity index (χ4n) is 3.56. The molecule has 0 unspecified atom stereocenters. The minimum atomic E-state index is -0.430. The molecule has 1 aromatic heterocycles. The molecule has 0 bridgehead atoms. The molecule has 8 nitrogen and oxygen atoms in total. The molecule has 34 heavy (non-hydrogen) atoms. The Morgan fingerprint density at radius 2 is 1.59 bits per heavy atom. The van der Waals surface area contributed by atoms with E-state index in [9.17, 15) is 14.4 Å². The highest BCUT2D eigenvalue weighted by molar-refractivity contribution is 6.04. The third-order valence-corrected chi connectivity index (χ3v) is 5.21. The third kappa shape index (κ3) is 5.53. The number of ether oxygens (including phenoxy) is 1. The molecule has 0 saturated carbocycles. The number of aromatic nitrogens is 1. The topological polar surface area (TPSA) is 103 Å². The number of carbonyl (C=O) groups excluding carboxylic acids is 2. The number of anilines is 2. The highest BCUT2D eigenvalue weighted by atomic mass is 16.5. The van der Waals surface area contributed by atoms with Crippen molar-refractivity contribution in [2.24, 2.45) is 0 Å². The van der Waals surface area contributed by atoms with Crippen LogP contribution in [0.25, 0.3) is 11.1 Å². The first-order valence-corrected chi connectivity index (χ1v) is 11.1. The predicted molar refractivity (Wildman–Crippen MR) is 130 cm³/mol. The van der Waals surface area contributed by atoms with Crippen molar-refractivity contribution >= 4 is 34.3 Å². The number of oxazole rings is 1. The van der Waals surface area contributed by atoms with Gasteiger partial charge < -0.3 is 19.8 Å². The fourth-order valence-corrected chi connectivity index (χ4v) is 3.56. The Morgan fingerprint density at radius 1 is 0.912 bits per heavy atom. The van der Waals surface area contributed by atoms with Crippen LogP contribution in [0.2, 0.25) is 0 Å². The average Bonchev–Trinajstić information content (AvgIpc) is 3.16. The number of nitrogens with zero attached hydrogens (tertiary/aromatic N) is 1. The van der Waals surface area contributed by atoms with Gasteiger partial charge in [0.05, 0.1) is 12.1 Å². The predicted octanol–water partition coefficient (Wildman–Crippen LogP) is 4.66. The molecule has 0 aliphatic carbocycles. The molecule has 1 heterocycles. The number of aryl methyl sites for hydroxylation is 1. The SMILES string of the molecule is CCOc1ccc(NC(=O)c2ccc(NC(=O)CCCn3c(=O)oc4ccccc43)cc2)cc1. The summed E-state index contributed by atoms with van der Waals surface area (Å²) in [6.45, 7) is 2.87. The molecule has 2 amide bonds. The van der Waals surface area contributed by atoms with Crippen LogP contribution in [0, 0.1) is 0 Å². The lowest BCUT2D eigenvalue weighted by atomic mass is 10.2. The molecule has 8 heteroatoms. The second kappa shape index (κ2) is 10.5. The van der Waals surface area contributed by atoms with E-state index in [1.165, 1.54) is 4.57 Å². The molecule has 4 aromatic rings. The zero-order chi connectivity index (χ0) is 23.9. The van der Waals surface area contributed by atoms with Gasteiger partial charge in [0.1, 0.15) is 5.75 Å². The summed E-state index contributed by atoms with van der Waals surface area (Å²) in [5.41, 5.74) is 2.97. The van der Waals surface area contributed by atoms with Gasteiger partial charge in [0, 0.05) is 29.9 Å². The van der Waals surface area contributed by atoms with Gasteiger partial charge in [-0.3, -0.25) is 14.2 Å². The van der Waals surface area contributed by atoms with Crippen molar-refractivity contribution in [3.05, 3.63) is 88.9 Å². The fraction of sp³-hybridized carbons (Fsp3) is 0.192. The lowest BCUT2D eigenvalue weighted by molar-refractivity contribution is -0.116. The van der Waals surface area contributed by atoms with Crippen LogP contribution >= 0.6 is 0 Å². The maximum absolute atomic E-state index is 12.5. The summed E-state index contributed by atoms with van der Waals surface area (Å²) in [4.78, 5) is 36.8. The summed E-state index contributed by atoms with van der Waals surface area (Å²) < 4.78 is 12.1. The van der Waals surface area contributed by atoms with Crippen molar-refractivity contribution in [2.75, 3.05) is 17.2 Å². The maximum Gasteiger partial charge on any atom is 0.419 e. The van der Waals surface area contributed by atoms with E-state index in [4.69, 9.17) is 9.15 Å². The van der Waals surface area contributed by atoms with E-state index < -0.39 is 5.76 Å². The molecular weight excluding hydrogens is 434 g/mol. The molecule has 0 fully saturated rings. The second-order valence-electron chi connectivity index (χ2n) is 7.63. The lowest BCUT2D eigenvalue weighted by Crippen LogP contribution is -2.17. The minimum Gasteiger partial charge on any atom is -0.494 e. The summed E-state index contributed by atoms with van der Waals surface area (Å²) >= 11 is 0. The quantitative estimate of drug-likeness (QED) is 0.379. The largest absolute Gasteiger partial charge is 0.494 e. The van der Waals surface area contributed by atoms with Crippen molar-refractivity contribution in [1.29, 1.82) is 0 Å². The first-order chi connectivity index (χ1) is 16.5. The van der Waals surface area contributed by atoms with Crippen molar-refractivity contribution in [1.82, 2.24) is 4.57 Å². The molecular formula is C26H25N3O5. The van der Waals surface area contributed by atoms with Crippen LogP contribution in [0.3, 0.4) is 0 Å². The highest BCUT2D eigenvalue weighted by Gasteiger charge is 2.10. The van der Waals surface area contributed by atoms with Crippen LogP contribution in [-0.4, -0.2) is 23.0 Å². The third-order valence-electron chi connectivity index (χ3n) is 5.21. The van der Waals surface area contributed by atoms with E-state index in [0.717, 1.165) is 5.75 Å². The minimum absolute atomic E-state index is 0.174. The Balaban J connectivity index is 1.27. The first-order valence-electron chi connectivity index (χ1n) is 11.1. The van der Waals surface area contributed by atoms with Crippen molar-refractivity contribution in [2.45, 2.75) is 26.3 Å². The van der Waals surface area contributed by atoms with Crippen LogP contribution in [0.5, 0.6) is 5.75 Å². The summed E-state index contributed by atoms with van der Waals surface area (Å²) in [7, 11) is 0. The van der Waals surface area contributed by atoms with Gasteiger partial charge in [-0.05, 0) is 74.0 Å². The molecule has 0 aliphatic heterocycles. The molecule has 0 spiro atoms. The Hall–Kier alpha value is -4.33. The number of carbonyl (C=O) groups is 2. The number of para-hydroxylation sites is 2. The molecule has 4 rings (SSSR count). The molecule has 2 N–H and O–H groups in total. The van der Waals surface area contributed by atoms with Gasteiger partial charge >= 0.3 is 5.76 Å². The standard InChI is InChI=1S/C26H25N3O5/c1-2-33-21-15-13-20(14-16-21)28-25(31)18-9-11-19(12-10-18)27-24(30)8-5-17-29-22-6-3-4-7-23(22)34-26(29)32/h3-4,6-7,9-16H,2,5,8,17H2,1H3,(H,27,30)(H,28,31). The first kappa shape index (κ1) is 22.8. The highest BCUT2D eigenvalue weighted by Crippen LogP contribution is 2.18. The molecule has 0 atom stereocenters. The lowest BCUT2D eigenvalue weighted by Gasteiger charge is -2.09. The number of amides is 2. The van der Waals surface area contributed by atoms with Gasteiger partial charge in [0.25, 0.3) is 5.91 Å². The molecule has 0 saturated heterocycles. The van der Waals surface area contributed by atoms with E-state index in [0.29, 0.717) is 47.6 Å². The van der Waals surface area contributed by atoms with Crippen LogP contribution in [0.4, 0.5) is 11.4 Å². The van der Waals surface area contributed by atoms with E-state index in [2.05, 4.69) is 10.6 Å². The van der Waals surface area contributed by atoms with Crippen molar-refractivity contribution in [3.8, 4) is 5.75 Å². The van der Waals surface area contributed by atoms with E-state index in [1.807, 2.05) is 19.1 Å². The van der Waals surface area contributed by atoms with Crippen molar-refractivity contribution in [3.63, 3.8) is 0 Å². The van der Waals surface area contributed by atoms with Gasteiger partial charge in [-0.15, -0.1) is 0 Å². The van der Waals surface area contributed by atoms with Crippen molar-refractivity contribution < 1.29 is 18.7 Å². The monoisotopic (exact) mass is 459 g/mol. The number of nitrogens with one attached hydrogen (secondary N) is 2. The summed E-state index contributed by atoms with van der Waals surface area (Å²) in [5.74, 6) is -0.112. The van der Waals surface area contributed by atoms with E-state index in [1.54, 1.807) is 60.7 Å². The number of benzene rings is 3. The number of fused-ring (bicyclic) bond motifs is 1. The molecule has 3 aromatic carbocycles. The number of rotatable bonds is 9. The molecule has 0 radical (unpaired) electrons. The number of hydrogen-bond donors (Lipinski definition) is 2. The normalized spacial score (nSPS) is 10.7. The zero-order valence-electron chi connectivity index (χ0n) is 18.7. The Bertz CT molecular complexity index is 1340. The van der Waals surface area contributed by atoms with E-state index in [-0.39, 0.29) is 18.2 Å². The summed E-state index contributed by atoms with van der Waals surface area (Å²) in [6.07, 6.45) is 0.726. The Kier molecular flexibility index (Phi) is 7.07. The molecule has 0 aliphatic rings. The summed E-state index contributed by atoms with van der Waals surface area (Å²) in [5, 5.41) is 5.64. The Labute approximate surface area is 196 Å². The van der Waals surface area contributed by atoms with Gasteiger partial charge in [-0.25, -0.2) is 4.79 Å². The van der Waals surface area contributed by atoms with Gasteiger partial charge in [-0.1, -0.05) is 12.1 Å². The van der Waals surface area contributed by atoms with Crippen LogP contribution in [0.1, 0.15) is 30.1 Å². The molecule has 174 valence electrons. The van der Waals surface area contributed by atoms with Gasteiger partial charge in [-0.2, -0.15) is 0 Å². The smallest absolute Gasteiger partial charge is 0.419 e. The Morgan fingerprint density at radius 3 is 2.32 bits per heavy atom. The second-order valence-corrected chi connectivity index (χ2v) is 7.63.